The molecule has 1 aromatic heterocycles. The minimum atomic E-state index is -3.70. The number of carbonyl (C=O) groups is 1. The van der Waals surface area contributed by atoms with Crippen LogP contribution in [0.5, 0.6) is 0 Å². The second-order valence-electron chi connectivity index (χ2n) is 4.42. The van der Waals surface area contributed by atoms with Gasteiger partial charge in [-0.1, -0.05) is 0 Å². The molecule has 0 radical (unpaired) electrons. The third kappa shape index (κ3) is 2.72. The first-order valence-corrected chi connectivity index (χ1v) is 7.62. The van der Waals surface area contributed by atoms with Gasteiger partial charge in [0.25, 0.3) is 0 Å². The van der Waals surface area contributed by atoms with Crippen LogP contribution in [0.3, 0.4) is 0 Å². The van der Waals surface area contributed by atoms with E-state index < -0.39 is 21.5 Å². The Balaban J connectivity index is 2.22. The largest absolute Gasteiger partial charge is 0.477 e. The highest BCUT2D eigenvalue weighted by molar-refractivity contribution is 7.89. The Bertz CT molecular complexity index is 557. The molecule has 1 unspecified atom stereocenters. The maximum Gasteiger partial charge on any atom is 0.345 e. The summed E-state index contributed by atoms with van der Waals surface area (Å²) in [6, 6.07) is 1.16. The maximum absolute atomic E-state index is 12.1. The van der Waals surface area contributed by atoms with Gasteiger partial charge in [0, 0.05) is 12.0 Å². The van der Waals surface area contributed by atoms with Crippen molar-refractivity contribution in [2.45, 2.75) is 23.8 Å². The molecule has 2 rings (SSSR count). The Labute approximate surface area is 109 Å². The topological polar surface area (TPSA) is 92.7 Å². The highest BCUT2D eigenvalue weighted by Gasteiger charge is 2.35. The lowest BCUT2D eigenvalue weighted by Crippen LogP contribution is -2.46. The van der Waals surface area contributed by atoms with Crippen LogP contribution in [0.4, 0.5) is 0 Å². The highest BCUT2D eigenvalue weighted by Crippen LogP contribution is 2.24. The first kappa shape index (κ1) is 13.5. The lowest BCUT2D eigenvalue weighted by Gasteiger charge is -2.22. The summed E-state index contributed by atoms with van der Waals surface area (Å²) in [6.07, 6.45) is 0.599. The minimum Gasteiger partial charge on any atom is -0.477 e. The van der Waals surface area contributed by atoms with Gasteiger partial charge < -0.3 is 9.84 Å². The van der Waals surface area contributed by atoms with Crippen LogP contribution in [-0.2, 0) is 14.8 Å². The molecule has 1 atom stereocenters. The molecule has 0 aliphatic carbocycles. The molecule has 1 aromatic rings. The smallest absolute Gasteiger partial charge is 0.345 e. The van der Waals surface area contributed by atoms with E-state index in [1.807, 2.05) is 0 Å². The molecule has 6 nitrogen and oxygen atoms in total. The fraction of sp³-hybridized carbons (Fsp3) is 0.500. The zero-order valence-electron chi connectivity index (χ0n) is 9.67. The zero-order chi connectivity index (χ0) is 13.4. The van der Waals surface area contributed by atoms with Crippen LogP contribution in [0, 0.1) is 0 Å². The number of sulfonamides is 1. The third-order valence-corrected chi connectivity index (χ3v) is 5.38. The lowest BCUT2D eigenvalue weighted by molar-refractivity contribution is 0.0702. The number of hydrogen-bond donors (Lipinski definition) is 2. The van der Waals surface area contributed by atoms with Gasteiger partial charge in [-0.15, -0.1) is 11.3 Å². The van der Waals surface area contributed by atoms with Crippen LogP contribution >= 0.6 is 11.3 Å². The fourth-order valence-corrected chi connectivity index (χ4v) is 4.24. The van der Waals surface area contributed by atoms with Crippen LogP contribution in [-0.4, -0.2) is 38.2 Å². The molecule has 100 valence electrons. The van der Waals surface area contributed by atoms with Crippen LogP contribution < -0.4 is 4.72 Å². The molecular weight excluding hydrogens is 278 g/mol. The molecule has 1 aliphatic heterocycles. The van der Waals surface area contributed by atoms with Crippen molar-refractivity contribution < 1.29 is 23.1 Å². The van der Waals surface area contributed by atoms with Crippen molar-refractivity contribution in [1.29, 1.82) is 0 Å². The van der Waals surface area contributed by atoms with E-state index >= 15 is 0 Å². The Kier molecular flexibility index (Phi) is 3.45. The molecular formula is C10H13NO5S2. The number of aromatic carboxylic acids is 1. The maximum atomic E-state index is 12.1. The van der Waals surface area contributed by atoms with Gasteiger partial charge in [-0.2, -0.15) is 0 Å². The van der Waals surface area contributed by atoms with Crippen molar-refractivity contribution >= 4 is 27.3 Å². The molecule has 2 N–H and O–H groups in total. The molecule has 0 aromatic carbocycles. The Morgan fingerprint density at radius 3 is 2.83 bits per heavy atom. The third-order valence-electron chi connectivity index (χ3n) is 2.70. The normalized spacial score (nSPS) is 24.3. The van der Waals surface area contributed by atoms with Gasteiger partial charge >= 0.3 is 5.97 Å². The van der Waals surface area contributed by atoms with Crippen molar-refractivity contribution in [2.24, 2.45) is 0 Å². The van der Waals surface area contributed by atoms with Crippen molar-refractivity contribution in [3.8, 4) is 0 Å². The summed E-state index contributed by atoms with van der Waals surface area (Å²) in [7, 11) is -3.70. The number of ether oxygens (including phenoxy) is 1. The van der Waals surface area contributed by atoms with Crippen LogP contribution in [0.1, 0.15) is 23.0 Å². The predicted octanol–water partition coefficient (Wildman–Crippen LogP) is 0.904. The van der Waals surface area contributed by atoms with E-state index in [0.717, 1.165) is 17.4 Å². The van der Waals surface area contributed by atoms with Gasteiger partial charge in [0.15, 0.2) is 0 Å². The number of nitrogens with one attached hydrogen (secondary N) is 1. The second kappa shape index (κ2) is 4.61. The number of carboxylic acid groups (broad SMARTS) is 1. The summed E-state index contributed by atoms with van der Waals surface area (Å²) in [5.41, 5.74) is -0.621. The summed E-state index contributed by atoms with van der Waals surface area (Å²) in [4.78, 5) is 10.7. The predicted molar refractivity (Wildman–Crippen MR) is 65.4 cm³/mol. The van der Waals surface area contributed by atoms with Crippen molar-refractivity contribution in [2.75, 3.05) is 13.2 Å². The standard InChI is InChI=1S/C10H13NO5S2/c1-10(2-3-16-6-10)11-18(14,15)7-4-8(9(12)13)17-5-7/h4-5,11H,2-3,6H2,1H3,(H,12,13). The van der Waals surface area contributed by atoms with Crippen molar-refractivity contribution in [1.82, 2.24) is 4.72 Å². The molecule has 1 saturated heterocycles. The Morgan fingerprint density at radius 1 is 1.61 bits per heavy atom. The van der Waals surface area contributed by atoms with Gasteiger partial charge in [-0.05, 0) is 19.4 Å². The second-order valence-corrected chi connectivity index (χ2v) is 7.01. The van der Waals surface area contributed by atoms with E-state index in [9.17, 15) is 13.2 Å². The Hall–Kier alpha value is -0.960. The first-order valence-electron chi connectivity index (χ1n) is 5.26. The van der Waals surface area contributed by atoms with Crippen molar-refractivity contribution in [3.05, 3.63) is 16.3 Å². The summed E-state index contributed by atoms with van der Waals surface area (Å²) < 4.78 is 31.9. The van der Waals surface area contributed by atoms with Gasteiger partial charge in [-0.25, -0.2) is 17.9 Å². The number of carboxylic acids is 1. The summed E-state index contributed by atoms with van der Waals surface area (Å²) in [6.45, 7) is 2.60. The van der Waals surface area contributed by atoms with Crippen LogP contribution in [0.25, 0.3) is 0 Å². The fourth-order valence-electron chi connectivity index (χ4n) is 1.70. The minimum absolute atomic E-state index is 0.00296. The van der Waals surface area contributed by atoms with Crippen LogP contribution in [0.15, 0.2) is 16.3 Å². The SMILES string of the molecule is CC1(NS(=O)(=O)c2csc(C(=O)O)c2)CCOC1. The average Bonchev–Trinajstić information content (AvgIpc) is 2.85. The number of hydrogen-bond acceptors (Lipinski definition) is 5. The van der Waals surface area contributed by atoms with Gasteiger partial charge in [0.2, 0.25) is 10.0 Å². The number of rotatable bonds is 4. The Morgan fingerprint density at radius 2 is 2.33 bits per heavy atom. The van der Waals surface area contributed by atoms with E-state index in [1.165, 1.54) is 5.38 Å². The molecule has 0 saturated carbocycles. The first-order chi connectivity index (χ1) is 8.32. The van der Waals surface area contributed by atoms with Crippen molar-refractivity contribution in [3.63, 3.8) is 0 Å². The van der Waals surface area contributed by atoms with E-state index in [2.05, 4.69) is 4.72 Å². The highest BCUT2D eigenvalue weighted by atomic mass is 32.2. The number of thiophene rings is 1. The monoisotopic (exact) mass is 291 g/mol. The van der Waals surface area contributed by atoms with Gasteiger partial charge in [0.1, 0.15) is 4.88 Å². The van der Waals surface area contributed by atoms with E-state index in [-0.39, 0.29) is 9.77 Å². The molecule has 8 heteroatoms. The molecule has 0 bridgehead atoms. The molecule has 2 heterocycles. The zero-order valence-corrected chi connectivity index (χ0v) is 11.3. The molecule has 1 fully saturated rings. The van der Waals surface area contributed by atoms with E-state index in [0.29, 0.717) is 19.6 Å². The lowest BCUT2D eigenvalue weighted by atomic mass is 10.0. The summed E-state index contributed by atoms with van der Waals surface area (Å²) in [5, 5.41) is 10.1. The summed E-state index contributed by atoms with van der Waals surface area (Å²) >= 11 is 0.891. The summed E-state index contributed by atoms with van der Waals surface area (Å²) in [5.74, 6) is -1.13. The quantitative estimate of drug-likeness (QED) is 0.860. The molecule has 18 heavy (non-hydrogen) atoms. The van der Waals surface area contributed by atoms with Gasteiger partial charge in [-0.3, -0.25) is 0 Å². The van der Waals surface area contributed by atoms with E-state index in [1.54, 1.807) is 6.92 Å². The van der Waals surface area contributed by atoms with E-state index in [4.69, 9.17) is 9.84 Å². The van der Waals surface area contributed by atoms with Crippen LogP contribution in [0.2, 0.25) is 0 Å². The van der Waals surface area contributed by atoms with Gasteiger partial charge in [0.05, 0.1) is 17.0 Å². The molecule has 1 aliphatic rings. The molecule has 0 spiro atoms. The molecule has 0 amide bonds. The average molecular weight is 291 g/mol.